The first-order valence-electron chi connectivity index (χ1n) is 6.35. The summed E-state index contributed by atoms with van der Waals surface area (Å²) in [4.78, 5) is 0. The fourth-order valence-electron chi connectivity index (χ4n) is 2.01. The summed E-state index contributed by atoms with van der Waals surface area (Å²) >= 11 is 0. The summed E-state index contributed by atoms with van der Waals surface area (Å²) in [5.74, 6) is 0.652. The quantitative estimate of drug-likeness (QED) is 0.911. The second kappa shape index (κ2) is 5.56. The van der Waals surface area contributed by atoms with Gasteiger partial charge in [-0.05, 0) is 24.1 Å². The minimum Gasteiger partial charge on any atom is -0.380 e. The van der Waals surface area contributed by atoms with E-state index in [9.17, 15) is 13.2 Å². The average molecular weight is 284 g/mol. The van der Waals surface area contributed by atoms with Crippen molar-refractivity contribution in [2.75, 3.05) is 5.73 Å². The Morgan fingerprint density at radius 1 is 1.30 bits per heavy atom. The van der Waals surface area contributed by atoms with Gasteiger partial charge in [-0.25, -0.2) is 0 Å². The van der Waals surface area contributed by atoms with Gasteiger partial charge in [-0.1, -0.05) is 30.6 Å². The van der Waals surface area contributed by atoms with Crippen molar-refractivity contribution in [2.45, 2.75) is 32.4 Å². The molecule has 0 spiro atoms. The largest absolute Gasteiger partial charge is 0.416 e. The molecule has 2 aromatic rings. The Hall–Kier alpha value is -1.98. The third-order valence-corrected chi connectivity index (χ3v) is 3.03. The number of hydrogen-bond donors (Lipinski definition) is 1. The summed E-state index contributed by atoms with van der Waals surface area (Å²) in [5.41, 5.74) is 5.85. The van der Waals surface area contributed by atoms with E-state index in [1.807, 2.05) is 6.92 Å². The van der Waals surface area contributed by atoms with Gasteiger partial charge in [0, 0.05) is 6.42 Å². The zero-order valence-corrected chi connectivity index (χ0v) is 11.0. The Morgan fingerprint density at radius 3 is 2.70 bits per heavy atom. The van der Waals surface area contributed by atoms with Crippen molar-refractivity contribution < 1.29 is 17.7 Å². The molecule has 108 valence electrons. The number of hydrogen-bond acceptors (Lipinski definition) is 3. The van der Waals surface area contributed by atoms with Crippen molar-refractivity contribution in [3.63, 3.8) is 0 Å². The molecule has 0 radical (unpaired) electrons. The van der Waals surface area contributed by atoms with Crippen molar-refractivity contribution in [2.24, 2.45) is 0 Å². The average Bonchev–Trinajstić information content (AvgIpc) is 2.76. The van der Waals surface area contributed by atoms with Gasteiger partial charge in [0.2, 0.25) is 0 Å². The Labute approximate surface area is 114 Å². The Kier molecular flexibility index (Phi) is 4.01. The van der Waals surface area contributed by atoms with E-state index >= 15 is 0 Å². The first-order chi connectivity index (χ1) is 9.43. The van der Waals surface area contributed by atoms with Gasteiger partial charge < -0.3 is 10.3 Å². The molecule has 2 rings (SSSR count). The highest BCUT2D eigenvalue weighted by Crippen LogP contribution is 2.35. The number of anilines is 1. The number of nitrogens with two attached hydrogens (primary N) is 1. The molecule has 0 saturated heterocycles. The van der Waals surface area contributed by atoms with Crippen molar-refractivity contribution in [3.05, 3.63) is 35.6 Å². The molecule has 0 atom stereocenters. The van der Waals surface area contributed by atoms with Crippen LogP contribution in [0.4, 0.5) is 19.0 Å². The van der Waals surface area contributed by atoms with Gasteiger partial charge in [-0.2, -0.15) is 13.2 Å². The molecule has 0 aliphatic rings. The van der Waals surface area contributed by atoms with Crippen LogP contribution in [0.2, 0.25) is 0 Å². The number of aryl methyl sites for hydroxylation is 1. The highest BCUT2D eigenvalue weighted by atomic mass is 19.4. The normalized spacial score (nSPS) is 11.8. The zero-order chi connectivity index (χ0) is 14.8. The van der Waals surface area contributed by atoms with E-state index in [2.05, 4.69) is 5.16 Å². The number of alkyl halides is 3. The molecule has 0 fully saturated rings. The number of benzene rings is 1. The van der Waals surface area contributed by atoms with E-state index in [4.69, 9.17) is 10.3 Å². The van der Waals surface area contributed by atoms with Crippen LogP contribution in [0.5, 0.6) is 0 Å². The van der Waals surface area contributed by atoms with Gasteiger partial charge in [0.25, 0.3) is 0 Å². The molecule has 1 aromatic heterocycles. The molecule has 20 heavy (non-hydrogen) atoms. The van der Waals surface area contributed by atoms with Gasteiger partial charge in [0.05, 0.1) is 11.1 Å². The first kappa shape index (κ1) is 14.4. The van der Waals surface area contributed by atoms with Crippen LogP contribution in [-0.4, -0.2) is 5.16 Å². The number of unbranched alkanes of at least 4 members (excludes halogenated alkanes) is 1. The highest BCUT2D eigenvalue weighted by molar-refractivity contribution is 5.76. The molecule has 3 nitrogen and oxygen atoms in total. The first-order valence-corrected chi connectivity index (χ1v) is 6.35. The molecule has 0 aliphatic heterocycles. The molecule has 1 heterocycles. The Morgan fingerprint density at radius 2 is 2.05 bits per heavy atom. The van der Waals surface area contributed by atoms with Crippen molar-refractivity contribution in [1.29, 1.82) is 0 Å². The lowest BCUT2D eigenvalue weighted by molar-refractivity contribution is -0.137. The lowest BCUT2D eigenvalue weighted by atomic mass is 10.0. The van der Waals surface area contributed by atoms with Crippen LogP contribution in [-0.2, 0) is 12.6 Å². The fraction of sp³-hybridized carbons (Fsp3) is 0.357. The van der Waals surface area contributed by atoms with Gasteiger partial charge in [0.15, 0.2) is 5.82 Å². The molecule has 0 unspecified atom stereocenters. The second-order valence-corrected chi connectivity index (χ2v) is 4.55. The van der Waals surface area contributed by atoms with Crippen molar-refractivity contribution >= 4 is 5.82 Å². The summed E-state index contributed by atoms with van der Waals surface area (Å²) in [7, 11) is 0. The molecule has 6 heteroatoms. The molecular weight excluding hydrogens is 269 g/mol. The standard InChI is InChI=1S/C14H15F3N2O/c1-2-3-7-11-12(13(18)19-20-11)9-5-4-6-10(8-9)14(15,16)17/h4-6,8H,2-3,7H2,1H3,(H2,18,19). The van der Waals surface area contributed by atoms with Gasteiger partial charge in [0.1, 0.15) is 5.76 Å². The lowest BCUT2D eigenvalue weighted by Crippen LogP contribution is -2.04. The minimum absolute atomic E-state index is 0.121. The number of rotatable bonds is 4. The number of nitrogens with zero attached hydrogens (tertiary/aromatic N) is 1. The Bertz CT molecular complexity index is 590. The molecule has 0 bridgehead atoms. The summed E-state index contributed by atoms with van der Waals surface area (Å²) in [6.45, 7) is 2.02. The highest BCUT2D eigenvalue weighted by Gasteiger charge is 2.31. The minimum atomic E-state index is -4.38. The maximum absolute atomic E-state index is 12.7. The summed E-state index contributed by atoms with van der Waals surface area (Å²) in [6.07, 6.45) is -1.97. The maximum atomic E-state index is 12.7. The number of nitrogen functional groups attached to an aromatic ring is 1. The SMILES string of the molecule is CCCCc1onc(N)c1-c1cccc(C(F)(F)F)c1. The third-order valence-electron chi connectivity index (χ3n) is 3.03. The summed E-state index contributed by atoms with van der Waals surface area (Å²) in [5, 5.41) is 3.66. The third kappa shape index (κ3) is 2.95. The lowest BCUT2D eigenvalue weighted by Gasteiger charge is -2.08. The smallest absolute Gasteiger partial charge is 0.380 e. The van der Waals surface area contributed by atoms with Crippen molar-refractivity contribution in [3.8, 4) is 11.1 Å². The van der Waals surface area contributed by atoms with Crippen LogP contribution in [0, 0.1) is 0 Å². The van der Waals surface area contributed by atoms with E-state index in [-0.39, 0.29) is 5.82 Å². The zero-order valence-electron chi connectivity index (χ0n) is 11.0. The van der Waals surface area contributed by atoms with E-state index in [1.54, 1.807) is 6.07 Å². The predicted octanol–water partition coefficient (Wildman–Crippen LogP) is 4.29. The van der Waals surface area contributed by atoms with Crippen LogP contribution >= 0.6 is 0 Å². The van der Waals surface area contributed by atoms with Crippen LogP contribution in [0.3, 0.4) is 0 Å². The molecule has 0 aliphatic carbocycles. The topological polar surface area (TPSA) is 52.0 Å². The van der Waals surface area contributed by atoms with Crippen LogP contribution in [0.1, 0.15) is 31.1 Å². The molecular formula is C14H15F3N2O. The van der Waals surface area contributed by atoms with E-state index in [1.165, 1.54) is 6.07 Å². The van der Waals surface area contributed by atoms with Gasteiger partial charge >= 0.3 is 6.18 Å². The van der Waals surface area contributed by atoms with Gasteiger partial charge in [-0.15, -0.1) is 0 Å². The van der Waals surface area contributed by atoms with E-state index in [0.717, 1.165) is 25.0 Å². The van der Waals surface area contributed by atoms with E-state index < -0.39 is 11.7 Å². The number of aromatic nitrogens is 1. The summed E-state index contributed by atoms with van der Waals surface area (Å²) in [6, 6.07) is 5.03. The monoisotopic (exact) mass is 284 g/mol. The second-order valence-electron chi connectivity index (χ2n) is 4.55. The molecule has 1 aromatic carbocycles. The van der Waals surface area contributed by atoms with Crippen LogP contribution in [0.15, 0.2) is 28.8 Å². The fourth-order valence-corrected chi connectivity index (χ4v) is 2.01. The summed E-state index contributed by atoms with van der Waals surface area (Å²) < 4.78 is 43.4. The Balaban J connectivity index is 2.43. The van der Waals surface area contributed by atoms with Crippen molar-refractivity contribution in [1.82, 2.24) is 5.16 Å². The van der Waals surface area contributed by atoms with E-state index in [0.29, 0.717) is 23.3 Å². The van der Waals surface area contributed by atoms with Gasteiger partial charge in [-0.3, -0.25) is 0 Å². The van der Waals surface area contributed by atoms with Crippen LogP contribution < -0.4 is 5.73 Å². The molecule has 0 amide bonds. The molecule has 0 saturated carbocycles. The predicted molar refractivity (Wildman–Crippen MR) is 70.0 cm³/mol. The van der Waals surface area contributed by atoms with Crippen LogP contribution in [0.25, 0.3) is 11.1 Å². The maximum Gasteiger partial charge on any atom is 0.416 e. The number of halogens is 3. The molecule has 2 N–H and O–H groups in total.